The first-order chi connectivity index (χ1) is 10.1. The Kier molecular flexibility index (Phi) is 5.15. The molecule has 1 N–H and O–H groups in total. The fourth-order valence-electron chi connectivity index (χ4n) is 2.37. The van der Waals surface area contributed by atoms with Crippen LogP contribution in [0.1, 0.15) is 69.2 Å². The van der Waals surface area contributed by atoms with Crippen LogP contribution in [0.4, 0.5) is 5.69 Å². The van der Waals surface area contributed by atoms with Gasteiger partial charge in [0.15, 0.2) is 5.69 Å². The SMILES string of the molecule is CCCN(C(=O)c1nc(C(C)C)ncc1NCC)C1CC1. The molecule has 1 aliphatic rings. The lowest BCUT2D eigenvalue weighted by Gasteiger charge is -2.23. The molecule has 0 radical (unpaired) electrons. The van der Waals surface area contributed by atoms with Crippen LogP contribution in [-0.2, 0) is 0 Å². The van der Waals surface area contributed by atoms with E-state index < -0.39 is 0 Å². The molecule has 0 atom stereocenters. The van der Waals surface area contributed by atoms with Gasteiger partial charge in [-0.2, -0.15) is 0 Å². The summed E-state index contributed by atoms with van der Waals surface area (Å²) in [6.07, 6.45) is 4.95. The molecule has 1 aromatic rings. The molecule has 116 valence electrons. The normalized spacial score (nSPS) is 14.3. The number of carbonyl (C=O) groups is 1. The van der Waals surface area contributed by atoms with Crippen molar-refractivity contribution in [1.29, 1.82) is 0 Å². The number of nitrogens with zero attached hydrogens (tertiary/aromatic N) is 3. The zero-order chi connectivity index (χ0) is 15.4. The largest absolute Gasteiger partial charge is 0.382 e. The second-order valence-electron chi connectivity index (χ2n) is 5.91. The third-order valence-corrected chi connectivity index (χ3v) is 3.61. The first-order valence-corrected chi connectivity index (χ1v) is 8.00. The average Bonchev–Trinajstić information content (AvgIpc) is 3.29. The van der Waals surface area contributed by atoms with Crippen LogP contribution >= 0.6 is 0 Å². The lowest BCUT2D eigenvalue weighted by Crippen LogP contribution is -2.35. The van der Waals surface area contributed by atoms with Crippen LogP contribution in [0.15, 0.2) is 6.20 Å². The summed E-state index contributed by atoms with van der Waals surface area (Å²) >= 11 is 0. The molecule has 1 aliphatic carbocycles. The van der Waals surface area contributed by atoms with Gasteiger partial charge in [-0.25, -0.2) is 9.97 Å². The minimum atomic E-state index is 0.0413. The molecule has 0 unspecified atom stereocenters. The molecule has 0 aliphatic heterocycles. The topological polar surface area (TPSA) is 58.1 Å². The van der Waals surface area contributed by atoms with Gasteiger partial charge in [0.25, 0.3) is 5.91 Å². The highest BCUT2D eigenvalue weighted by atomic mass is 16.2. The predicted octanol–water partition coefficient (Wildman–Crippen LogP) is 3.05. The number of anilines is 1. The standard InChI is InChI=1S/C16H26N4O/c1-5-9-20(12-7-8-12)16(21)14-13(17-6-2)10-18-15(19-14)11(3)4/h10-12,17H,5-9H2,1-4H3. The molecule has 1 aromatic heterocycles. The Labute approximate surface area is 127 Å². The van der Waals surface area contributed by atoms with Crippen molar-refractivity contribution in [3.63, 3.8) is 0 Å². The third-order valence-electron chi connectivity index (χ3n) is 3.61. The molecule has 5 heteroatoms. The highest BCUT2D eigenvalue weighted by Crippen LogP contribution is 2.29. The summed E-state index contributed by atoms with van der Waals surface area (Å²) in [5.41, 5.74) is 1.27. The van der Waals surface area contributed by atoms with Gasteiger partial charge >= 0.3 is 0 Å². The number of rotatable bonds is 7. The molecule has 0 aromatic carbocycles. The van der Waals surface area contributed by atoms with Crippen molar-refractivity contribution >= 4 is 11.6 Å². The lowest BCUT2D eigenvalue weighted by molar-refractivity contribution is 0.0737. The maximum absolute atomic E-state index is 12.9. The smallest absolute Gasteiger partial charge is 0.274 e. The van der Waals surface area contributed by atoms with Gasteiger partial charge in [-0.3, -0.25) is 4.79 Å². The van der Waals surface area contributed by atoms with Crippen molar-refractivity contribution in [3.05, 3.63) is 17.7 Å². The minimum Gasteiger partial charge on any atom is -0.382 e. The van der Waals surface area contributed by atoms with Crippen molar-refractivity contribution in [2.45, 2.75) is 58.9 Å². The van der Waals surface area contributed by atoms with Crippen molar-refractivity contribution in [1.82, 2.24) is 14.9 Å². The molecule has 0 bridgehead atoms. The van der Waals surface area contributed by atoms with Crippen LogP contribution in [0.2, 0.25) is 0 Å². The van der Waals surface area contributed by atoms with Gasteiger partial charge in [0, 0.05) is 25.0 Å². The van der Waals surface area contributed by atoms with Gasteiger partial charge in [0.1, 0.15) is 5.82 Å². The van der Waals surface area contributed by atoms with E-state index in [1.54, 1.807) is 6.20 Å². The van der Waals surface area contributed by atoms with Gasteiger partial charge in [0.2, 0.25) is 0 Å². The number of hydrogen-bond acceptors (Lipinski definition) is 4. The Morgan fingerprint density at radius 1 is 1.43 bits per heavy atom. The summed E-state index contributed by atoms with van der Waals surface area (Å²) in [4.78, 5) is 23.8. The van der Waals surface area contributed by atoms with Crippen molar-refractivity contribution in [3.8, 4) is 0 Å². The number of nitrogens with one attached hydrogen (secondary N) is 1. The van der Waals surface area contributed by atoms with Crippen LogP contribution in [-0.4, -0.2) is 39.9 Å². The predicted molar refractivity (Wildman–Crippen MR) is 84.6 cm³/mol. The average molecular weight is 290 g/mol. The second-order valence-corrected chi connectivity index (χ2v) is 5.91. The van der Waals surface area contributed by atoms with Gasteiger partial charge in [-0.15, -0.1) is 0 Å². The molecule has 0 saturated heterocycles. The molecular formula is C16H26N4O. The van der Waals surface area contributed by atoms with E-state index >= 15 is 0 Å². The Morgan fingerprint density at radius 2 is 2.14 bits per heavy atom. The Bertz CT molecular complexity index is 497. The highest BCUT2D eigenvalue weighted by molar-refractivity contribution is 5.97. The Hall–Kier alpha value is -1.65. The van der Waals surface area contributed by atoms with Crippen LogP contribution in [0.5, 0.6) is 0 Å². The molecule has 0 spiro atoms. The first kappa shape index (κ1) is 15.7. The van der Waals surface area contributed by atoms with Gasteiger partial charge in [-0.1, -0.05) is 20.8 Å². The Balaban J connectivity index is 2.33. The maximum atomic E-state index is 12.9. The number of amides is 1. The quantitative estimate of drug-likeness (QED) is 0.838. The van der Waals surface area contributed by atoms with Gasteiger partial charge in [0.05, 0.1) is 11.9 Å². The van der Waals surface area contributed by atoms with Crippen molar-refractivity contribution < 1.29 is 4.79 Å². The van der Waals surface area contributed by atoms with Crippen molar-refractivity contribution in [2.75, 3.05) is 18.4 Å². The number of hydrogen-bond donors (Lipinski definition) is 1. The van der Waals surface area contributed by atoms with E-state index in [0.717, 1.165) is 43.9 Å². The molecule has 1 heterocycles. The van der Waals surface area contributed by atoms with Crippen molar-refractivity contribution in [2.24, 2.45) is 0 Å². The summed E-state index contributed by atoms with van der Waals surface area (Å²) in [6.45, 7) is 9.75. The van der Waals surface area contributed by atoms with Crippen LogP contribution in [0.25, 0.3) is 0 Å². The number of carbonyl (C=O) groups excluding carboxylic acids is 1. The molecule has 21 heavy (non-hydrogen) atoms. The summed E-state index contributed by atoms with van der Waals surface area (Å²) in [5, 5.41) is 3.21. The molecule has 1 amide bonds. The maximum Gasteiger partial charge on any atom is 0.274 e. The summed E-state index contributed by atoms with van der Waals surface area (Å²) in [6, 6.07) is 0.407. The summed E-state index contributed by atoms with van der Waals surface area (Å²) in [7, 11) is 0. The molecule has 1 saturated carbocycles. The zero-order valence-corrected chi connectivity index (χ0v) is 13.5. The van der Waals surface area contributed by atoms with Gasteiger partial charge < -0.3 is 10.2 Å². The van der Waals surface area contributed by atoms with Gasteiger partial charge in [-0.05, 0) is 26.2 Å². The first-order valence-electron chi connectivity index (χ1n) is 8.00. The minimum absolute atomic E-state index is 0.0413. The zero-order valence-electron chi connectivity index (χ0n) is 13.5. The number of aromatic nitrogens is 2. The van der Waals surface area contributed by atoms with E-state index in [4.69, 9.17) is 0 Å². The fraction of sp³-hybridized carbons (Fsp3) is 0.688. The fourth-order valence-corrected chi connectivity index (χ4v) is 2.37. The molecule has 1 fully saturated rings. The molecule has 2 rings (SSSR count). The van der Waals surface area contributed by atoms with Crippen LogP contribution in [0.3, 0.4) is 0 Å². The molecule has 5 nitrogen and oxygen atoms in total. The van der Waals surface area contributed by atoms with E-state index in [0.29, 0.717) is 11.7 Å². The monoisotopic (exact) mass is 290 g/mol. The van der Waals surface area contributed by atoms with E-state index in [9.17, 15) is 4.79 Å². The van der Waals surface area contributed by atoms with E-state index in [-0.39, 0.29) is 11.8 Å². The summed E-state index contributed by atoms with van der Waals surface area (Å²) < 4.78 is 0. The second kappa shape index (κ2) is 6.87. The van der Waals surface area contributed by atoms with Crippen LogP contribution in [0, 0.1) is 0 Å². The van der Waals surface area contributed by atoms with Crippen LogP contribution < -0.4 is 5.32 Å². The van der Waals surface area contributed by atoms with E-state index in [1.807, 2.05) is 25.7 Å². The third kappa shape index (κ3) is 3.71. The van der Waals surface area contributed by atoms with E-state index in [2.05, 4.69) is 22.2 Å². The van der Waals surface area contributed by atoms with E-state index in [1.165, 1.54) is 0 Å². The summed E-state index contributed by atoms with van der Waals surface area (Å²) in [5.74, 6) is 0.986. The Morgan fingerprint density at radius 3 is 2.67 bits per heavy atom. The molecular weight excluding hydrogens is 264 g/mol. The lowest BCUT2D eigenvalue weighted by atomic mass is 10.2. The highest BCUT2D eigenvalue weighted by Gasteiger charge is 2.34.